The summed E-state index contributed by atoms with van der Waals surface area (Å²) in [4.78, 5) is 0. The fourth-order valence-corrected chi connectivity index (χ4v) is 2.58. The number of nitrogens with one attached hydrogen (secondary N) is 1. The van der Waals surface area contributed by atoms with Crippen LogP contribution in [0, 0.1) is 12.3 Å². The highest BCUT2D eigenvalue weighted by molar-refractivity contribution is 5.16. The van der Waals surface area contributed by atoms with Crippen LogP contribution in [0.25, 0.3) is 0 Å². The Labute approximate surface area is 136 Å². The molecule has 2 heterocycles. The van der Waals surface area contributed by atoms with Gasteiger partial charge in [0, 0.05) is 32.0 Å². The van der Waals surface area contributed by atoms with Crippen LogP contribution in [0.2, 0.25) is 0 Å². The van der Waals surface area contributed by atoms with Gasteiger partial charge in [-0.1, -0.05) is 30.3 Å². The number of benzene rings is 1. The van der Waals surface area contributed by atoms with E-state index in [4.69, 9.17) is 6.42 Å². The van der Waals surface area contributed by atoms with Gasteiger partial charge in [0.2, 0.25) is 0 Å². The van der Waals surface area contributed by atoms with Crippen LogP contribution < -0.4 is 5.32 Å². The third-order valence-corrected chi connectivity index (χ3v) is 4.04. The zero-order chi connectivity index (χ0) is 16.0. The summed E-state index contributed by atoms with van der Waals surface area (Å²) in [7, 11) is 0. The second-order valence-electron chi connectivity index (χ2n) is 5.78. The molecule has 1 N–H and O–H groups in total. The van der Waals surface area contributed by atoms with E-state index in [1.165, 1.54) is 11.3 Å². The van der Waals surface area contributed by atoms with Crippen LogP contribution in [0.1, 0.15) is 30.5 Å². The van der Waals surface area contributed by atoms with Crippen molar-refractivity contribution in [2.24, 2.45) is 10.2 Å². The van der Waals surface area contributed by atoms with Crippen LogP contribution in [0.5, 0.6) is 0 Å². The van der Waals surface area contributed by atoms with Gasteiger partial charge in [-0.25, -0.2) is 0 Å². The average Bonchev–Trinajstić information content (AvgIpc) is 3.22. The van der Waals surface area contributed by atoms with Crippen molar-refractivity contribution < 1.29 is 0 Å². The van der Waals surface area contributed by atoms with Crippen LogP contribution in [0.4, 0.5) is 0 Å². The molecule has 1 aromatic carbocycles. The molecule has 2 aromatic rings. The van der Waals surface area contributed by atoms with Crippen molar-refractivity contribution in [2.75, 3.05) is 6.54 Å². The normalized spacial score (nSPS) is 14.6. The van der Waals surface area contributed by atoms with E-state index in [1.807, 2.05) is 16.9 Å². The van der Waals surface area contributed by atoms with Crippen molar-refractivity contribution in [3.05, 3.63) is 53.9 Å². The molecule has 0 spiro atoms. The van der Waals surface area contributed by atoms with Crippen molar-refractivity contribution in [3.63, 3.8) is 0 Å². The third kappa shape index (κ3) is 4.27. The van der Waals surface area contributed by atoms with Crippen LogP contribution >= 0.6 is 0 Å². The first-order valence-electron chi connectivity index (χ1n) is 7.94. The number of hydrogen-bond acceptors (Lipinski definition) is 4. The van der Waals surface area contributed by atoms with Gasteiger partial charge in [0.05, 0.1) is 12.2 Å². The summed E-state index contributed by atoms with van der Waals surface area (Å²) in [5.74, 6) is 2.66. The molecule has 5 heteroatoms. The van der Waals surface area contributed by atoms with Gasteiger partial charge in [-0.15, -0.1) is 12.3 Å². The van der Waals surface area contributed by atoms with Gasteiger partial charge < -0.3 is 5.32 Å². The molecule has 0 unspecified atom stereocenters. The van der Waals surface area contributed by atoms with Crippen LogP contribution in [0.3, 0.4) is 0 Å². The second kappa shape index (κ2) is 7.21. The molecule has 0 amide bonds. The van der Waals surface area contributed by atoms with E-state index in [0.717, 1.165) is 38.9 Å². The fourth-order valence-electron chi connectivity index (χ4n) is 2.58. The molecular weight excluding hydrogens is 286 g/mol. The maximum absolute atomic E-state index is 5.30. The largest absolute Gasteiger partial charge is 0.311 e. The van der Waals surface area contributed by atoms with E-state index in [2.05, 4.69) is 56.9 Å². The van der Waals surface area contributed by atoms with E-state index in [9.17, 15) is 0 Å². The molecule has 5 nitrogen and oxygen atoms in total. The Morgan fingerprint density at radius 3 is 2.70 bits per heavy atom. The Bertz CT molecular complexity index is 690. The number of aromatic nitrogens is 2. The van der Waals surface area contributed by atoms with Gasteiger partial charge in [0.1, 0.15) is 0 Å². The van der Waals surface area contributed by atoms with Crippen molar-refractivity contribution in [1.29, 1.82) is 0 Å². The lowest BCUT2D eigenvalue weighted by Crippen LogP contribution is -2.23. The predicted octanol–water partition coefficient (Wildman–Crippen LogP) is 2.99. The van der Waals surface area contributed by atoms with Crippen molar-refractivity contribution in [1.82, 2.24) is 15.1 Å². The molecule has 118 valence electrons. The predicted molar refractivity (Wildman–Crippen MR) is 89.7 cm³/mol. The Kier molecular flexibility index (Phi) is 4.84. The lowest BCUT2D eigenvalue weighted by molar-refractivity contribution is 0.481. The highest BCUT2D eigenvalue weighted by Crippen LogP contribution is 2.35. The number of nitrogens with zero attached hydrogens (tertiary/aromatic N) is 4. The maximum Gasteiger partial charge on any atom is 0.193 e. The van der Waals surface area contributed by atoms with Crippen LogP contribution in [-0.2, 0) is 13.1 Å². The first-order valence-corrected chi connectivity index (χ1v) is 7.94. The number of hydrogen-bond donors (Lipinski definition) is 1. The molecule has 1 aromatic heterocycles. The molecular formula is C18H21N5. The molecule has 1 aliphatic heterocycles. The Hall–Kier alpha value is -2.45. The first kappa shape index (κ1) is 15.4. The summed E-state index contributed by atoms with van der Waals surface area (Å²) < 4.78 is 2.03. The third-order valence-electron chi connectivity index (χ3n) is 4.04. The van der Waals surface area contributed by atoms with Crippen molar-refractivity contribution in [2.45, 2.75) is 38.0 Å². The maximum atomic E-state index is 5.30. The molecule has 0 radical (unpaired) electrons. The number of rotatable bonds is 9. The standard InChI is InChI=1S/C18H21N5/c1-2-3-10-18(21-22-18)11-13-19-14-17-9-12-20-23(17)15-16-7-5-4-6-8-16/h1,4-9,12,19H,3,10-11,13-15H2. The SMILES string of the molecule is C#CCCC1(CCNCc2ccnn2Cc2ccccc2)N=N1. The molecule has 0 bridgehead atoms. The minimum Gasteiger partial charge on any atom is -0.311 e. The second-order valence-corrected chi connectivity index (χ2v) is 5.78. The summed E-state index contributed by atoms with van der Waals surface area (Å²) in [6.07, 6.45) is 9.65. The van der Waals surface area contributed by atoms with Crippen LogP contribution in [-0.4, -0.2) is 22.0 Å². The van der Waals surface area contributed by atoms with Gasteiger partial charge >= 0.3 is 0 Å². The lowest BCUT2D eigenvalue weighted by atomic mass is 10.0. The Balaban J connectivity index is 1.45. The zero-order valence-electron chi connectivity index (χ0n) is 13.2. The molecule has 0 saturated carbocycles. The molecule has 3 rings (SSSR count). The highest BCUT2D eigenvalue weighted by Gasteiger charge is 2.38. The average molecular weight is 307 g/mol. The molecule has 0 fully saturated rings. The summed E-state index contributed by atoms with van der Waals surface area (Å²) in [6, 6.07) is 12.4. The van der Waals surface area contributed by atoms with E-state index < -0.39 is 0 Å². The molecule has 0 atom stereocenters. The van der Waals surface area contributed by atoms with Gasteiger partial charge in [-0.2, -0.15) is 15.3 Å². The molecule has 1 aliphatic rings. The quantitative estimate of drug-likeness (QED) is 0.572. The fraction of sp³-hybridized carbons (Fsp3) is 0.389. The smallest absolute Gasteiger partial charge is 0.193 e. The van der Waals surface area contributed by atoms with E-state index in [1.54, 1.807) is 0 Å². The number of terminal acetylenes is 1. The summed E-state index contributed by atoms with van der Waals surface area (Å²) in [6.45, 7) is 2.45. The van der Waals surface area contributed by atoms with E-state index >= 15 is 0 Å². The minimum absolute atomic E-state index is 0.205. The first-order chi connectivity index (χ1) is 11.3. The van der Waals surface area contributed by atoms with Crippen molar-refractivity contribution in [3.8, 4) is 12.3 Å². The molecule has 0 aliphatic carbocycles. The van der Waals surface area contributed by atoms with E-state index in [-0.39, 0.29) is 5.66 Å². The van der Waals surface area contributed by atoms with Gasteiger partial charge in [-0.05, 0) is 18.2 Å². The topological polar surface area (TPSA) is 54.6 Å². The monoisotopic (exact) mass is 307 g/mol. The van der Waals surface area contributed by atoms with Gasteiger partial charge in [0.15, 0.2) is 5.66 Å². The lowest BCUT2D eigenvalue weighted by Gasteiger charge is -2.11. The highest BCUT2D eigenvalue weighted by atomic mass is 15.4. The molecule has 23 heavy (non-hydrogen) atoms. The minimum atomic E-state index is -0.205. The van der Waals surface area contributed by atoms with Gasteiger partial charge in [-0.3, -0.25) is 4.68 Å². The molecule has 0 saturated heterocycles. The summed E-state index contributed by atoms with van der Waals surface area (Å²) >= 11 is 0. The van der Waals surface area contributed by atoms with Crippen molar-refractivity contribution >= 4 is 0 Å². The zero-order valence-corrected chi connectivity index (χ0v) is 13.2. The van der Waals surface area contributed by atoms with Crippen LogP contribution in [0.15, 0.2) is 52.8 Å². The van der Waals surface area contributed by atoms with Gasteiger partial charge in [0.25, 0.3) is 0 Å². The summed E-state index contributed by atoms with van der Waals surface area (Å²) in [5.41, 5.74) is 2.22. The Morgan fingerprint density at radius 2 is 1.96 bits per heavy atom. The van der Waals surface area contributed by atoms with E-state index in [0.29, 0.717) is 0 Å². The summed E-state index contributed by atoms with van der Waals surface area (Å²) in [5, 5.41) is 16.2. The Morgan fingerprint density at radius 1 is 1.13 bits per heavy atom.